The lowest BCUT2D eigenvalue weighted by atomic mass is 10.1. The third-order valence-electron chi connectivity index (χ3n) is 3.04. The van der Waals surface area contributed by atoms with E-state index in [2.05, 4.69) is 0 Å². The van der Waals surface area contributed by atoms with Crippen LogP contribution in [0.15, 0.2) is 18.2 Å². The number of benzene rings is 1. The summed E-state index contributed by atoms with van der Waals surface area (Å²) in [6.07, 6.45) is 0. The monoisotopic (exact) mass is 289 g/mol. The minimum absolute atomic E-state index is 0.00613. The molecule has 1 aromatic carbocycles. The van der Waals surface area contributed by atoms with Crippen LogP contribution in [0.4, 0.5) is 8.78 Å². The van der Waals surface area contributed by atoms with E-state index in [1.54, 1.807) is 4.90 Å². The predicted octanol–water partition coefficient (Wildman–Crippen LogP) is 0.878. The normalized spacial score (nSPS) is 19.3. The van der Waals surface area contributed by atoms with Gasteiger partial charge in [0, 0.05) is 19.2 Å². The lowest BCUT2D eigenvalue weighted by Gasteiger charge is -2.25. The van der Waals surface area contributed by atoms with Crippen molar-refractivity contribution in [1.82, 2.24) is 4.90 Å². The minimum Gasteiger partial charge on any atom is -0.294 e. The minimum atomic E-state index is -3.01. The zero-order chi connectivity index (χ0) is 14.0. The Bertz CT molecular complexity index is 587. The molecule has 0 N–H and O–H groups in total. The highest BCUT2D eigenvalue weighted by atomic mass is 32.2. The average Bonchev–Trinajstić information content (AvgIpc) is 2.31. The van der Waals surface area contributed by atoms with Gasteiger partial charge in [-0.2, -0.15) is 0 Å². The van der Waals surface area contributed by atoms with Crippen LogP contribution >= 0.6 is 0 Å². The maximum absolute atomic E-state index is 13.4. The Morgan fingerprint density at radius 2 is 1.84 bits per heavy atom. The summed E-state index contributed by atoms with van der Waals surface area (Å²) in [4.78, 5) is 13.5. The van der Waals surface area contributed by atoms with Crippen molar-refractivity contribution in [3.8, 4) is 0 Å². The molecular formula is C12H13F2NO3S. The first-order valence-corrected chi connectivity index (χ1v) is 7.60. The van der Waals surface area contributed by atoms with E-state index in [1.165, 1.54) is 0 Å². The summed E-state index contributed by atoms with van der Waals surface area (Å²) < 4.78 is 48.6. The molecule has 0 aromatic heterocycles. The van der Waals surface area contributed by atoms with Crippen LogP contribution in [-0.2, 0) is 9.84 Å². The second kappa shape index (κ2) is 5.34. The Balaban J connectivity index is 2.02. The molecule has 0 atom stereocenters. The fraction of sp³-hybridized carbons (Fsp3) is 0.417. The molecular weight excluding hydrogens is 276 g/mol. The number of sulfone groups is 1. The van der Waals surface area contributed by atoms with Crippen molar-refractivity contribution in [2.24, 2.45) is 0 Å². The number of halogens is 2. The van der Waals surface area contributed by atoms with Crippen molar-refractivity contribution in [2.45, 2.75) is 0 Å². The van der Waals surface area contributed by atoms with Gasteiger partial charge in [0.05, 0.1) is 23.6 Å². The largest absolute Gasteiger partial charge is 0.294 e. The standard InChI is InChI=1S/C12H13F2NO3S/c13-9-1-2-10(11(14)7-9)12(16)8-15-3-5-19(17,18)6-4-15/h1-2,7H,3-6,8H2. The SMILES string of the molecule is O=C(CN1CCS(=O)(=O)CC1)c1ccc(F)cc1F. The molecule has 0 radical (unpaired) electrons. The van der Waals surface area contributed by atoms with Crippen molar-refractivity contribution in [1.29, 1.82) is 0 Å². The van der Waals surface area contributed by atoms with E-state index in [-0.39, 0.29) is 36.7 Å². The maximum Gasteiger partial charge on any atom is 0.179 e. The first-order chi connectivity index (χ1) is 8.87. The van der Waals surface area contributed by atoms with Gasteiger partial charge in [-0.25, -0.2) is 17.2 Å². The van der Waals surface area contributed by atoms with Crippen LogP contribution in [-0.4, -0.2) is 50.2 Å². The molecule has 19 heavy (non-hydrogen) atoms. The van der Waals surface area contributed by atoms with Crippen molar-refractivity contribution in [2.75, 3.05) is 31.1 Å². The van der Waals surface area contributed by atoms with E-state index in [1.807, 2.05) is 0 Å². The van der Waals surface area contributed by atoms with Gasteiger partial charge in [-0.1, -0.05) is 0 Å². The molecule has 7 heteroatoms. The molecule has 1 saturated heterocycles. The highest BCUT2D eigenvalue weighted by Gasteiger charge is 2.24. The van der Waals surface area contributed by atoms with Gasteiger partial charge in [0.2, 0.25) is 0 Å². The predicted molar refractivity (Wildman–Crippen MR) is 65.8 cm³/mol. The zero-order valence-corrected chi connectivity index (χ0v) is 10.9. The Hall–Kier alpha value is -1.34. The lowest BCUT2D eigenvalue weighted by molar-refractivity contribution is 0.0932. The summed E-state index contributed by atoms with van der Waals surface area (Å²) in [5.41, 5.74) is -0.171. The summed E-state index contributed by atoms with van der Waals surface area (Å²) in [7, 11) is -3.01. The van der Waals surface area contributed by atoms with Gasteiger partial charge < -0.3 is 0 Å². The second-order valence-corrected chi connectivity index (χ2v) is 6.78. The van der Waals surface area contributed by atoms with Crippen LogP contribution in [0.2, 0.25) is 0 Å². The highest BCUT2D eigenvalue weighted by Crippen LogP contribution is 2.12. The highest BCUT2D eigenvalue weighted by molar-refractivity contribution is 7.91. The van der Waals surface area contributed by atoms with Crippen molar-refractivity contribution in [3.05, 3.63) is 35.4 Å². The molecule has 1 aromatic rings. The summed E-state index contributed by atoms with van der Waals surface area (Å²) >= 11 is 0. The van der Waals surface area contributed by atoms with Crippen LogP contribution in [0.1, 0.15) is 10.4 Å². The van der Waals surface area contributed by atoms with E-state index in [0.717, 1.165) is 12.1 Å². The summed E-state index contributed by atoms with van der Waals surface area (Å²) in [6, 6.07) is 2.79. The molecule has 0 spiro atoms. The first kappa shape index (κ1) is 14.1. The molecule has 4 nitrogen and oxygen atoms in total. The van der Waals surface area contributed by atoms with Crippen molar-refractivity contribution < 1.29 is 22.0 Å². The van der Waals surface area contributed by atoms with E-state index in [9.17, 15) is 22.0 Å². The van der Waals surface area contributed by atoms with Crippen LogP contribution in [0.3, 0.4) is 0 Å². The molecule has 1 fully saturated rings. The fourth-order valence-electron chi connectivity index (χ4n) is 1.91. The number of hydrogen-bond acceptors (Lipinski definition) is 4. The quantitative estimate of drug-likeness (QED) is 0.775. The van der Waals surface area contributed by atoms with Crippen molar-refractivity contribution >= 4 is 15.6 Å². The Kier molecular flexibility index (Phi) is 3.96. The number of hydrogen-bond donors (Lipinski definition) is 0. The molecule has 0 aliphatic carbocycles. The Labute approximate surface area is 109 Å². The first-order valence-electron chi connectivity index (χ1n) is 5.78. The summed E-state index contributed by atoms with van der Waals surface area (Å²) in [6.45, 7) is 0.464. The molecule has 0 bridgehead atoms. The molecule has 1 aliphatic rings. The van der Waals surface area contributed by atoms with Crippen LogP contribution in [0.25, 0.3) is 0 Å². The molecule has 1 heterocycles. The molecule has 0 unspecified atom stereocenters. The van der Waals surface area contributed by atoms with Gasteiger partial charge in [-0.05, 0) is 12.1 Å². The fourth-order valence-corrected chi connectivity index (χ4v) is 3.19. The number of ketones is 1. The van der Waals surface area contributed by atoms with E-state index in [0.29, 0.717) is 6.07 Å². The summed E-state index contributed by atoms with van der Waals surface area (Å²) in [5.74, 6) is -2.09. The third kappa shape index (κ3) is 3.57. The molecule has 2 rings (SSSR count). The van der Waals surface area contributed by atoms with Gasteiger partial charge in [-0.3, -0.25) is 9.69 Å². The second-order valence-electron chi connectivity index (χ2n) is 4.48. The number of nitrogens with zero attached hydrogens (tertiary/aromatic N) is 1. The Morgan fingerprint density at radius 1 is 1.21 bits per heavy atom. The third-order valence-corrected chi connectivity index (χ3v) is 4.64. The average molecular weight is 289 g/mol. The van der Waals surface area contributed by atoms with Crippen molar-refractivity contribution in [3.63, 3.8) is 0 Å². The molecule has 1 aliphatic heterocycles. The Morgan fingerprint density at radius 3 is 2.42 bits per heavy atom. The van der Waals surface area contributed by atoms with Crippen LogP contribution in [0, 0.1) is 11.6 Å². The smallest absolute Gasteiger partial charge is 0.179 e. The van der Waals surface area contributed by atoms with E-state index >= 15 is 0 Å². The van der Waals surface area contributed by atoms with Gasteiger partial charge in [0.25, 0.3) is 0 Å². The van der Waals surface area contributed by atoms with Crippen LogP contribution in [0.5, 0.6) is 0 Å². The lowest BCUT2D eigenvalue weighted by Crippen LogP contribution is -2.42. The van der Waals surface area contributed by atoms with E-state index in [4.69, 9.17) is 0 Å². The van der Waals surface area contributed by atoms with E-state index < -0.39 is 27.3 Å². The molecule has 0 amide bonds. The van der Waals surface area contributed by atoms with Gasteiger partial charge in [0.1, 0.15) is 11.6 Å². The van der Waals surface area contributed by atoms with Crippen LogP contribution < -0.4 is 0 Å². The number of Topliss-reactive ketones (excluding diaryl/α,β-unsaturated/α-hetero) is 1. The number of rotatable bonds is 3. The van der Waals surface area contributed by atoms with Gasteiger partial charge >= 0.3 is 0 Å². The topological polar surface area (TPSA) is 54.5 Å². The summed E-state index contributed by atoms with van der Waals surface area (Å²) in [5, 5.41) is 0. The zero-order valence-electron chi connectivity index (χ0n) is 10.1. The molecule has 104 valence electrons. The number of carbonyl (C=O) groups excluding carboxylic acids is 1. The maximum atomic E-state index is 13.4. The molecule has 0 saturated carbocycles. The number of carbonyl (C=O) groups is 1. The van der Waals surface area contributed by atoms with Gasteiger partial charge in [0.15, 0.2) is 15.6 Å². The van der Waals surface area contributed by atoms with Gasteiger partial charge in [-0.15, -0.1) is 0 Å².